The third-order valence-corrected chi connectivity index (χ3v) is 5.63. The Morgan fingerprint density at radius 1 is 1.21 bits per heavy atom. The zero-order valence-corrected chi connectivity index (χ0v) is 19.4. The molecule has 0 amide bonds. The van der Waals surface area contributed by atoms with Crippen LogP contribution in [0.3, 0.4) is 0 Å². The van der Waals surface area contributed by atoms with Gasteiger partial charge in [0, 0.05) is 36.0 Å². The van der Waals surface area contributed by atoms with Crippen molar-refractivity contribution in [1.29, 1.82) is 0 Å². The summed E-state index contributed by atoms with van der Waals surface area (Å²) in [5.41, 5.74) is 4.47. The fourth-order valence-electron chi connectivity index (χ4n) is 4.03. The van der Waals surface area contributed by atoms with Gasteiger partial charge in [-0.25, -0.2) is 8.78 Å². The molecule has 33 heavy (non-hydrogen) atoms. The topological polar surface area (TPSA) is 53.5 Å². The summed E-state index contributed by atoms with van der Waals surface area (Å²) in [6, 6.07) is 8.66. The molecule has 172 valence electrons. The number of aliphatic imine (C=N–C) groups is 1. The van der Waals surface area contributed by atoms with Gasteiger partial charge in [-0.15, -0.1) is 0 Å². The van der Waals surface area contributed by atoms with E-state index in [0.29, 0.717) is 22.5 Å². The van der Waals surface area contributed by atoms with Crippen molar-refractivity contribution in [2.45, 2.75) is 33.6 Å². The van der Waals surface area contributed by atoms with Crippen molar-refractivity contribution in [3.8, 4) is 0 Å². The molecule has 0 spiro atoms. The number of ketones is 1. The van der Waals surface area contributed by atoms with Crippen molar-refractivity contribution in [3.63, 3.8) is 0 Å². The van der Waals surface area contributed by atoms with E-state index in [-0.39, 0.29) is 23.0 Å². The number of anilines is 2. The number of carbonyl (C=O) groups excluding carboxylic acids is 1. The maximum atomic E-state index is 14.8. The van der Waals surface area contributed by atoms with Gasteiger partial charge in [-0.1, -0.05) is 32.1 Å². The molecule has 1 unspecified atom stereocenters. The number of rotatable bonds is 9. The molecule has 6 heteroatoms. The lowest BCUT2D eigenvalue weighted by Crippen LogP contribution is -2.18. The van der Waals surface area contributed by atoms with E-state index in [1.54, 1.807) is 26.2 Å². The number of benzene rings is 2. The largest absolute Gasteiger partial charge is 0.386 e. The molecule has 0 saturated carbocycles. The molecular weight excluding hydrogens is 420 g/mol. The lowest BCUT2D eigenvalue weighted by molar-refractivity contribution is 0.101. The Kier molecular flexibility index (Phi) is 7.59. The molecule has 0 bridgehead atoms. The number of nitrogens with one attached hydrogen (secondary N) is 2. The van der Waals surface area contributed by atoms with E-state index in [1.165, 1.54) is 6.07 Å². The van der Waals surface area contributed by atoms with Crippen molar-refractivity contribution < 1.29 is 13.6 Å². The summed E-state index contributed by atoms with van der Waals surface area (Å²) in [5.74, 6) is -2.18. The maximum absolute atomic E-state index is 14.8. The smallest absolute Gasteiger partial charge is 0.182 e. The zero-order chi connectivity index (χ0) is 24.1. The van der Waals surface area contributed by atoms with E-state index < -0.39 is 11.6 Å². The first-order valence-electron chi connectivity index (χ1n) is 11.0. The summed E-state index contributed by atoms with van der Waals surface area (Å²) < 4.78 is 29.2. The normalized spacial score (nSPS) is 15.4. The predicted octanol–water partition coefficient (Wildman–Crippen LogP) is 6.78. The molecule has 1 aliphatic rings. The second-order valence-corrected chi connectivity index (χ2v) is 7.92. The Morgan fingerprint density at radius 2 is 1.97 bits per heavy atom. The Labute approximate surface area is 193 Å². The zero-order valence-electron chi connectivity index (χ0n) is 19.4. The minimum atomic E-state index is -0.922. The van der Waals surface area contributed by atoms with Crippen LogP contribution in [0, 0.1) is 17.6 Å². The number of allylic oxidation sites excluding steroid dienone is 4. The van der Waals surface area contributed by atoms with Gasteiger partial charge in [0.05, 0.1) is 17.1 Å². The van der Waals surface area contributed by atoms with E-state index in [1.807, 2.05) is 37.3 Å². The Morgan fingerprint density at radius 3 is 2.61 bits per heavy atom. The van der Waals surface area contributed by atoms with E-state index in [0.717, 1.165) is 24.1 Å². The molecule has 1 atom stereocenters. The Balaban J connectivity index is 1.88. The third kappa shape index (κ3) is 4.95. The molecule has 0 radical (unpaired) electrons. The molecule has 0 aliphatic carbocycles. The lowest BCUT2D eigenvalue weighted by atomic mass is 9.89. The van der Waals surface area contributed by atoms with Gasteiger partial charge >= 0.3 is 0 Å². The summed E-state index contributed by atoms with van der Waals surface area (Å²) >= 11 is 0. The van der Waals surface area contributed by atoms with Gasteiger partial charge in [-0.3, -0.25) is 9.79 Å². The Bertz CT molecular complexity index is 1180. The van der Waals surface area contributed by atoms with Crippen molar-refractivity contribution in [2.75, 3.05) is 17.7 Å². The molecule has 0 saturated heterocycles. The van der Waals surface area contributed by atoms with Gasteiger partial charge in [-0.2, -0.15) is 0 Å². The first-order chi connectivity index (χ1) is 15.8. The second kappa shape index (κ2) is 10.4. The molecular formula is C27H29F2N3O. The fraction of sp³-hybridized carbons (Fsp3) is 0.259. The molecule has 4 nitrogen and oxygen atoms in total. The van der Waals surface area contributed by atoms with E-state index in [4.69, 9.17) is 0 Å². The SMILES string of the molecule is C=C(Nc1ccc(C(C)=O)c(CCC)c1)C1=NC=C(c2ccc(NC)c(F)c2F)C1/C=C\C. The number of Topliss-reactive ketones (excluding diaryl/α,β-unsaturated/α-hetero) is 1. The first kappa shape index (κ1) is 24.1. The van der Waals surface area contributed by atoms with Gasteiger partial charge in [0.1, 0.15) is 0 Å². The molecule has 0 fully saturated rings. The van der Waals surface area contributed by atoms with E-state index in [9.17, 15) is 13.6 Å². The van der Waals surface area contributed by atoms with Crippen molar-refractivity contribution >= 4 is 28.4 Å². The quantitative estimate of drug-likeness (QED) is 0.328. The van der Waals surface area contributed by atoms with Crippen LogP contribution in [0.4, 0.5) is 20.2 Å². The number of nitrogens with zero attached hydrogens (tertiary/aromatic N) is 1. The van der Waals surface area contributed by atoms with Gasteiger partial charge in [0.2, 0.25) is 0 Å². The van der Waals surface area contributed by atoms with Crippen LogP contribution >= 0.6 is 0 Å². The highest BCUT2D eigenvalue weighted by Crippen LogP contribution is 2.36. The van der Waals surface area contributed by atoms with Gasteiger partial charge in [0.15, 0.2) is 17.4 Å². The number of halogens is 2. The van der Waals surface area contributed by atoms with Crippen molar-refractivity contribution in [1.82, 2.24) is 0 Å². The summed E-state index contributed by atoms with van der Waals surface area (Å²) in [4.78, 5) is 16.4. The molecule has 3 rings (SSSR count). The van der Waals surface area contributed by atoms with Gasteiger partial charge in [0.25, 0.3) is 0 Å². The van der Waals surface area contributed by atoms with Crippen LogP contribution < -0.4 is 10.6 Å². The summed E-state index contributed by atoms with van der Waals surface area (Å²) in [7, 11) is 1.54. The highest BCUT2D eigenvalue weighted by Gasteiger charge is 2.29. The maximum Gasteiger partial charge on any atom is 0.182 e. The third-order valence-electron chi connectivity index (χ3n) is 5.63. The van der Waals surface area contributed by atoms with Crippen LogP contribution in [0.1, 0.15) is 48.7 Å². The number of hydrogen-bond acceptors (Lipinski definition) is 4. The standard InChI is InChI=1S/C27H29F2N3O/c1-6-8-18-14-19(10-11-20(18)17(4)33)32-16(3)27-22(9-7-2)23(15-31-27)21-12-13-24(30-5)26(29)25(21)28/h7,9-15,22,30,32H,3,6,8H2,1-2,4-5H3/b9-7-. The number of aryl methyl sites for hydroxylation is 1. The number of carbonyl (C=O) groups is 1. The molecule has 2 N–H and O–H groups in total. The van der Waals surface area contributed by atoms with Crippen LogP contribution in [-0.2, 0) is 6.42 Å². The fourth-order valence-corrected chi connectivity index (χ4v) is 4.03. The molecule has 2 aromatic carbocycles. The van der Waals surface area contributed by atoms with Crippen LogP contribution in [0.25, 0.3) is 5.57 Å². The monoisotopic (exact) mass is 449 g/mol. The first-order valence-corrected chi connectivity index (χ1v) is 11.0. The molecule has 2 aromatic rings. The van der Waals surface area contributed by atoms with Crippen LogP contribution in [-0.4, -0.2) is 18.5 Å². The van der Waals surface area contributed by atoms with Crippen LogP contribution in [0.15, 0.2) is 66.0 Å². The number of hydrogen-bond donors (Lipinski definition) is 2. The molecule has 1 aliphatic heterocycles. The summed E-state index contributed by atoms with van der Waals surface area (Å²) in [6.45, 7) is 9.63. The Hall–Kier alpha value is -3.54. The predicted molar refractivity (Wildman–Crippen MR) is 133 cm³/mol. The average Bonchev–Trinajstić information content (AvgIpc) is 3.19. The minimum Gasteiger partial charge on any atom is -0.386 e. The van der Waals surface area contributed by atoms with Crippen molar-refractivity contribution in [3.05, 3.63) is 89.3 Å². The summed E-state index contributed by atoms with van der Waals surface area (Å²) in [6.07, 6.45) is 7.00. The highest BCUT2D eigenvalue weighted by molar-refractivity contribution is 6.13. The highest BCUT2D eigenvalue weighted by atomic mass is 19.2. The molecule has 0 aromatic heterocycles. The van der Waals surface area contributed by atoms with Gasteiger partial charge < -0.3 is 10.6 Å². The van der Waals surface area contributed by atoms with E-state index in [2.05, 4.69) is 29.1 Å². The summed E-state index contributed by atoms with van der Waals surface area (Å²) in [5, 5.41) is 5.92. The van der Waals surface area contributed by atoms with E-state index >= 15 is 0 Å². The van der Waals surface area contributed by atoms with Crippen LogP contribution in [0.2, 0.25) is 0 Å². The second-order valence-electron chi connectivity index (χ2n) is 7.92. The van der Waals surface area contributed by atoms with Crippen molar-refractivity contribution in [2.24, 2.45) is 10.9 Å². The minimum absolute atomic E-state index is 0.0320. The average molecular weight is 450 g/mol. The molecule has 1 heterocycles. The van der Waals surface area contributed by atoms with Gasteiger partial charge in [-0.05, 0) is 61.7 Å². The van der Waals surface area contributed by atoms with Crippen LogP contribution in [0.5, 0.6) is 0 Å². The lowest BCUT2D eigenvalue weighted by Gasteiger charge is -2.19.